The molecule has 0 saturated heterocycles. The minimum Gasteiger partial charge on any atom is -0.393 e. The van der Waals surface area contributed by atoms with Gasteiger partial charge in [-0.2, -0.15) is 5.26 Å². The number of hydrogen-bond donors (Lipinski definition) is 2. The van der Waals surface area contributed by atoms with Crippen LogP contribution in [0.1, 0.15) is 58.8 Å². The van der Waals surface area contributed by atoms with Crippen molar-refractivity contribution in [1.82, 2.24) is 0 Å². The zero-order chi connectivity index (χ0) is 17.3. The summed E-state index contributed by atoms with van der Waals surface area (Å²) in [6.07, 6.45) is 6.39. The van der Waals surface area contributed by atoms with Crippen LogP contribution in [0.25, 0.3) is 0 Å². The Morgan fingerprint density at radius 2 is 2.08 bits per heavy atom. The first-order valence-electron chi connectivity index (χ1n) is 9.28. The fourth-order valence-electron chi connectivity index (χ4n) is 6.80. The number of carbonyl (C=O) groups is 1. The van der Waals surface area contributed by atoms with E-state index in [9.17, 15) is 20.3 Å². The number of nitrogens with zero attached hydrogens (tertiary/aromatic N) is 1. The maximum absolute atomic E-state index is 11.9. The number of aliphatic hydroxyl groups excluding tert-OH is 1. The zero-order valence-corrected chi connectivity index (χ0v) is 14.6. The van der Waals surface area contributed by atoms with Gasteiger partial charge in [0.2, 0.25) is 0 Å². The Kier molecular flexibility index (Phi) is 3.34. The van der Waals surface area contributed by atoms with E-state index in [0.29, 0.717) is 37.4 Å². The third kappa shape index (κ3) is 1.83. The van der Waals surface area contributed by atoms with Crippen molar-refractivity contribution in [2.75, 3.05) is 0 Å². The van der Waals surface area contributed by atoms with Crippen molar-refractivity contribution in [2.24, 2.45) is 28.6 Å². The van der Waals surface area contributed by atoms with E-state index in [0.717, 1.165) is 19.3 Å². The molecule has 3 fully saturated rings. The van der Waals surface area contributed by atoms with E-state index in [1.165, 1.54) is 5.57 Å². The largest absolute Gasteiger partial charge is 0.393 e. The predicted octanol–water partition coefficient (Wildman–Crippen LogP) is 2.74. The van der Waals surface area contributed by atoms with Crippen LogP contribution < -0.4 is 0 Å². The molecule has 0 amide bonds. The lowest BCUT2D eigenvalue weighted by Gasteiger charge is -2.59. The van der Waals surface area contributed by atoms with Crippen LogP contribution in [0.4, 0.5) is 0 Å². The summed E-state index contributed by atoms with van der Waals surface area (Å²) in [4.78, 5) is 11.9. The van der Waals surface area contributed by atoms with Crippen LogP contribution in [0.5, 0.6) is 0 Å². The molecule has 0 aromatic rings. The second-order valence-corrected chi connectivity index (χ2v) is 9.09. The monoisotopic (exact) mass is 329 g/mol. The molecule has 0 spiro atoms. The average molecular weight is 329 g/mol. The normalized spacial score (nSPS) is 53.5. The van der Waals surface area contributed by atoms with E-state index in [1.54, 1.807) is 0 Å². The molecule has 0 radical (unpaired) electrons. The van der Waals surface area contributed by atoms with Gasteiger partial charge in [0.05, 0.1) is 12.2 Å². The zero-order valence-electron chi connectivity index (χ0n) is 14.6. The molecule has 7 atom stereocenters. The Morgan fingerprint density at radius 1 is 1.33 bits per heavy atom. The highest BCUT2D eigenvalue weighted by molar-refractivity contribution is 5.82. The number of nitriles is 1. The van der Waals surface area contributed by atoms with Gasteiger partial charge in [-0.05, 0) is 55.3 Å². The fraction of sp³-hybridized carbons (Fsp3) is 0.800. The molecule has 0 aliphatic heterocycles. The van der Waals surface area contributed by atoms with Crippen LogP contribution in [0, 0.1) is 39.9 Å². The van der Waals surface area contributed by atoms with Gasteiger partial charge in [-0.1, -0.05) is 25.5 Å². The minimum atomic E-state index is -1.32. The number of fused-ring (bicyclic) bond motifs is 5. The van der Waals surface area contributed by atoms with Crippen LogP contribution in [-0.2, 0) is 4.79 Å². The highest BCUT2D eigenvalue weighted by atomic mass is 16.3. The number of rotatable bonds is 0. The minimum absolute atomic E-state index is 0.106. The van der Waals surface area contributed by atoms with E-state index in [4.69, 9.17) is 0 Å². The SMILES string of the molecule is C[C@]12CCC(=O)CC1=CC[C@@H]1[C@@H]2[C@@H](O)C[C@@]2(C)[C@H]1CC[C@]2(O)C#N. The van der Waals surface area contributed by atoms with Crippen LogP contribution in [0.2, 0.25) is 0 Å². The molecular formula is C20H27NO3. The lowest BCUT2D eigenvalue weighted by Crippen LogP contribution is -2.59. The van der Waals surface area contributed by atoms with Crippen molar-refractivity contribution in [2.45, 2.75) is 70.5 Å². The van der Waals surface area contributed by atoms with E-state index in [1.807, 2.05) is 6.92 Å². The van der Waals surface area contributed by atoms with Gasteiger partial charge in [-0.15, -0.1) is 0 Å². The Bertz CT molecular complexity index is 664. The molecule has 4 nitrogen and oxygen atoms in total. The van der Waals surface area contributed by atoms with Crippen molar-refractivity contribution < 1.29 is 15.0 Å². The maximum Gasteiger partial charge on any atom is 0.156 e. The first kappa shape index (κ1) is 16.3. The molecule has 2 N–H and O–H groups in total. The lowest BCUT2D eigenvalue weighted by atomic mass is 9.46. The van der Waals surface area contributed by atoms with Crippen molar-refractivity contribution in [3.8, 4) is 6.07 Å². The number of hydrogen-bond acceptors (Lipinski definition) is 4. The lowest BCUT2D eigenvalue weighted by molar-refractivity contribution is -0.152. The Hall–Kier alpha value is -1.18. The molecule has 0 bridgehead atoms. The van der Waals surface area contributed by atoms with Crippen molar-refractivity contribution in [3.63, 3.8) is 0 Å². The van der Waals surface area contributed by atoms with Gasteiger partial charge in [0.15, 0.2) is 5.60 Å². The maximum atomic E-state index is 11.9. The topological polar surface area (TPSA) is 81.3 Å². The summed E-state index contributed by atoms with van der Waals surface area (Å²) < 4.78 is 0. The number of aliphatic hydroxyl groups is 2. The molecule has 130 valence electrons. The molecule has 4 aliphatic rings. The molecule has 0 unspecified atom stereocenters. The Morgan fingerprint density at radius 3 is 2.79 bits per heavy atom. The molecular weight excluding hydrogens is 302 g/mol. The van der Waals surface area contributed by atoms with Crippen LogP contribution in [-0.4, -0.2) is 27.7 Å². The predicted molar refractivity (Wildman–Crippen MR) is 88.7 cm³/mol. The third-order valence-corrected chi connectivity index (χ3v) is 8.21. The van der Waals surface area contributed by atoms with Crippen LogP contribution >= 0.6 is 0 Å². The van der Waals surface area contributed by atoms with Crippen molar-refractivity contribution in [1.29, 1.82) is 5.26 Å². The molecule has 0 aromatic heterocycles. The first-order chi connectivity index (χ1) is 11.2. The van der Waals surface area contributed by atoms with E-state index in [2.05, 4.69) is 19.1 Å². The van der Waals surface area contributed by atoms with E-state index in [-0.39, 0.29) is 17.3 Å². The third-order valence-electron chi connectivity index (χ3n) is 8.21. The Labute approximate surface area is 143 Å². The number of allylic oxidation sites excluding steroid dienone is 2. The van der Waals surface area contributed by atoms with Gasteiger partial charge in [0.1, 0.15) is 5.78 Å². The number of ketones is 1. The van der Waals surface area contributed by atoms with E-state index < -0.39 is 17.1 Å². The van der Waals surface area contributed by atoms with Crippen LogP contribution in [0.15, 0.2) is 11.6 Å². The molecule has 24 heavy (non-hydrogen) atoms. The second-order valence-electron chi connectivity index (χ2n) is 9.09. The van der Waals surface area contributed by atoms with Crippen LogP contribution in [0.3, 0.4) is 0 Å². The summed E-state index contributed by atoms with van der Waals surface area (Å²) in [5.41, 5.74) is -0.743. The highest BCUT2D eigenvalue weighted by Crippen LogP contribution is 2.66. The second kappa shape index (κ2) is 4.93. The van der Waals surface area contributed by atoms with Gasteiger partial charge in [0, 0.05) is 18.3 Å². The average Bonchev–Trinajstić information content (AvgIpc) is 2.79. The van der Waals surface area contributed by atoms with Crippen molar-refractivity contribution >= 4 is 5.78 Å². The van der Waals surface area contributed by atoms with Gasteiger partial charge < -0.3 is 10.2 Å². The fourth-order valence-corrected chi connectivity index (χ4v) is 6.80. The molecule has 0 heterocycles. The summed E-state index contributed by atoms with van der Waals surface area (Å²) in [5, 5.41) is 31.5. The summed E-state index contributed by atoms with van der Waals surface area (Å²) in [6, 6.07) is 2.15. The standard InChI is InChI=1S/C20H27NO3/c1-18-7-5-13(22)9-12(18)3-4-14-15-6-8-20(24,11-21)19(15,2)10-16(23)17(14)18/h3,14-17,23-24H,4-10H2,1-2H3/t14-,15-,16-,17+,18-,19-,20-/m0/s1. The number of carbonyl (C=O) groups excluding carboxylic acids is 1. The van der Waals surface area contributed by atoms with E-state index >= 15 is 0 Å². The highest BCUT2D eigenvalue weighted by Gasteiger charge is 2.66. The van der Waals surface area contributed by atoms with Gasteiger partial charge in [0.25, 0.3) is 0 Å². The summed E-state index contributed by atoms with van der Waals surface area (Å²) >= 11 is 0. The molecule has 3 saturated carbocycles. The summed E-state index contributed by atoms with van der Waals surface area (Å²) in [7, 11) is 0. The summed E-state index contributed by atoms with van der Waals surface area (Å²) in [5.74, 6) is 1.02. The quantitative estimate of drug-likeness (QED) is 0.529. The number of Topliss-reactive ketones (excluding diaryl/α,β-unsaturated/α-hetero) is 1. The van der Waals surface area contributed by atoms with Gasteiger partial charge in [-0.25, -0.2) is 0 Å². The smallest absolute Gasteiger partial charge is 0.156 e. The van der Waals surface area contributed by atoms with Gasteiger partial charge in [-0.3, -0.25) is 4.79 Å². The van der Waals surface area contributed by atoms with Gasteiger partial charge >= 0.3 is 0 Å². The molecule has 4 rings (SSSR count). The summed E-state index contributed by atoms with van der Waals surface area (Å²) in [6.45, 7) is 4.22. The van der Waals surface area contributed by atoms with Crippen molar-refractivity contribution in [3.05, 3.63) is 11.6 Å². The molecule has 4 aliphatic carbocycles. The Balaban J connectivity index is 1.76. The molecule has 0 aromatic carbocycles. The molecule has 4 heteroatoms. The first-order valence-corrected chi connectivity index (χ1v) is 9.28.